The van der Waals surface area contributed by atoms with Crippen molar-refractivity contribution in [2.24, 2.45) is 0 Å². The van der Waals surface area contributed by atoms with Gasteiger partial charge in [-0.15, -0.1) is 0 Å². The topological polar surface area (TPSA) is 58.2 Å². The highest BCUT2D eigenvalue weighted by atomic mass is 16.2. The molecule has 1 saturated heterocycles. The van der Waals surface area contributed by atoms with Gasteiger partial charge in [0.2, 0.25) is 11.8 Å². The van der Waals surface area contributed by atoms with Gasteiger partial charge in [0, 0.05) is 1.37 Å². The Bertz CT molecular complexity index is 238. The molecule has 0 aromatic heterocycles. The molecule has 1 aliphatic carbocycles. The number of rotatable bonds is 0. The maximum Gasteiger partial charge on any atom is 0.231 e. The minimum Gasteiger partial charge on any atom is -0.333 e. The highest BCUT2D eigenvalue weighted by molar-refractivity contribution is 6.00. The van der Waals surface area contributed by atoms with Gasteiger partial charge in [0.25, 0.3) is 0 Å². The van der Waals surface area contributed by atoms with Gasteiger partial charge in [-0.05, 0) is 19.2 Å². The Morgan fingerprint density at radius 3 is 2.36 bits per heavy atom. The van der Waals surface area contributed by atoms with E-state index < -0.39 is 5.66 Å². The van der Waals surface area contributed by atoms with E-state index in [0.29, 0.717) is 6.42 Å². The molecule has 0 bridgehead atoms. The van der Waals surface area contributed by atoms with Crippen molar-refractivity contribution in [3.8, 4) is 0 Å². The molecule has 2 rings (SSSR count). The standard InChI is InChI=1S/C7H10N2O2/c10-5-4-6(11)9-7(8-5)2-1-3-7/h1-4H2,(H,8,10)(H,9,11)/i2D. The summed E-state index contributed by atoms with van der Waals surface area (Å²) in [5.41, 5.74) is -0.730. The number of hydrogen-bond acceptors (Lipinski definition) is 2. The molecule has 11 heavy (non-hydrogen) atoms. The Hall–Kier alpha value is -1.06. The Kier molecular flexibility index (Phi) is 0.995. The van der Waals surface area contributed by atoms with Crippen molar-refractivity contribution in [1.82, 2.24) is 10.6 Å². The molecule has 60 valence electrons. The van der Waals surface area contributed by atoms with Crippen molar-refractivity contribution < 1.29 is 11.0 Å². The second-order valence-electron chi connectivity index (χ2n) is 2.99. The zero-order valence-electron chi connectivity index (χ0n) is 7.02. The summed E-state index contributed by atoms with van der Waals surface area (Å²) < 4.78 is 7.51. The average Bonchev–Trinajstić information content (AvgIpc) is 2.00. The molecule has 2 aliphatic rings. The lowest BCUT2D eigenvalue weighted by Gasteiger charge is -2.45. The minimum atomic E-state index is -0.730. The third-order valence-corrected chi connectivity index (χ3v) is 2.08. The molecule has 1 atom stereocenters. The molecule has 1 saturated carbocycles. The molecule has 0 aromatic carbocycles. The van der Waals surface area contributed by atoms with Crippen molar-refractivity contribution in [3.05, 3.63) is 0 Å². The van der Waals surface area contributed by atoms with Crippen LogP contribution in [0, 0.1) is 0 Å². The van der Waals surface area contributed by atoms with E-state index in [2.05, 4.69) is 10.6 Å². The van der Waals surface area contributed by atoms with Gasteiger partial charge < -0.3 is 10.6 Å². The lowest BCUT2D eigenvalue weighted by atomic mass is 9.83. The summed E-state index contributed by atoms with van der Waals surface area (Å²) >= 11 is 0. The maximum atomic E-state index is 11.0. The first-order valence-corrected chi connectivity index (χ1v) is 3.67. The normalized spacial score (nSPS) is 35.3. The van der Waals surface area contributed by atoms with E-state index >= 15 is 0 Å². The largest absolute Gasteiger partial charge is 0.333 e. The van der Waals surface area contributed by atoms with Crippen LogP contribution in [0.3, 0.4) is 0 Å². The van der Waals surface area contributed by atoms with Crippen LogP contribution >= 0.6 is 0 Å². The summed E-state index contributed by atoms with van der Waals surface area (Å²) in [7, 11) is 0. The fourth-order valence-electron chi connectivity index (χ4n) is 1.42. The summed E-state index contributed by atoms with van der Waals surface area (Å²) in [5.74, 6) is -0.536. The molecule has 0 aromatic rings. The lowest BCUT2D eigenvalue weighted by Crippen LogP contribution is -2.68. The Morgan fingerprint density at radius 1 is 1.36 bits per heavy atom. The molecule has 2 N–H and O–H groups in total. The van der Waals surface area contributed by atoms with Gasteiger partial charge in [-0.1, -0.05) is 0 Å². The molecule has 4 heteroatoms. The average molecular weight is 155 g/mol. The smallest absolute Gasteiger partial charge is 0.231 e. The number of carbonyl (C=O) groups is 2. The van der Waals surface area contributed by atoms with Crippen LogP contribution in [0.5, 0.6) is 0 Å². The number of amides is 2. The molecular weight excluding hydrogens is 144 g/mol. The Balaban J connectivity index is 2.16. The van der Waals surface area contributed by atoms with Gasteiger partial charge in [0.05, 0.1) is 0 Å². The third kappa shape index (κ3) is 0.982. The molecular formula is C7H10N2O2. The van der Waals surface area contributed by atoms with Gasteiger partial charge in [-0.25, -0.2) is 0 Å². The quantitative estimate of drug-likeness (QED) is 0.463. The summed E-state index contributed by atoms with van der Waals surface area (Å²) in [6.45, 7) is 0. The summed E-state index contributed by atoms with van der Waals surface area (Å²) in [6.07, 6.45) is 0.930. The van der Waals surface area contributed by atoms with Crippen LogP contribution in [0.1, 0.15) is 27.0 Å². The van der Waals surface area contributed by atoms with Crippen molar-refractivity contribution in [2.75, 3.05) is 0 Å². The van der Waals surface area contributed by atoms with Gasteiger partial charge in [-0.2, -0.15) is 0 Å². The fraction of sp³-hybridized carbons (Fsp3) is 0.714. The predicted octanol–water partition coefficient (Wildman–Crippen LogP) is -0.497. The number of hydrogen-bond donors (Lipinski definition) is 2. The highest BCUT2D eigenvalue weighted by Crippen LogP contribution is 2.30. The van der Waals surface area contributed by atoms with E-state index in [1.165, 1.54) is 0 Å². The van der Waals surface area contributed by atoms with Crippen LogP contribution in [0.2, 0.25) is 0 Å². The van der Waals surface area contributed by atoms with E-state index in [-0.39, 0.29) is 24.6 Å². The van der Waals surface area contributed by atoms with E-state index in [9.17, 15) is 9.59 Å². The van der Waals surface area contributed by atoms with E-state index in [1.54, 1.807) is 0 Å². The SMILES string of the molecule is [2H]C1CCC12NC(=O)CC(=O)N2. The van der Waals surface area contributed by atoms with Crippen LogP contribution in [-0.2, 0) is 9.59 Å². The van der Waals surface area contributed by atoms with Crippen molar-refractivity contribution >= 4 is 11.8 Å². The highest BCUT2D eigenvalue weighted by Gasteiger charge is 2.42. The van der Waals surface area contributed by atoms with E-state index in [1.807, 2.05) is 0 Å². The second kappa shape index (κ2) is 1.96. The Labute approximate surface area is 65.7 Å². The molecule has 1 spiro atoms. The number of nitrogens with one attached hydrogen (secondary N) is 2. The first-order valence-electron chi connectivity index (χ1n) is 4.24. The molecule has 4 nitrogen and oxygen atoms in total. The van der Waals surface area contributed by atoms with Gasteiger partial charge in [-0.3, -0.25) is 9.59 Å². The van der Waals surface area contributed by atoms with Crippen LogP contribution in [0.15, 0.2) is 0 Å². The van der Waals surface area contributed by atoms with Crippen molar-refractivity contribution in [2.45, 2.75) is 31.3 Å². The van der Waals surface area contributed by atoms with Crippen molar-refractivity contribution in [3.63, 3.8) is 0 Å². The first-order chi connectivity index (χ1) is 5.62. The molecule has 1 aliphatic heterocycles. The second-order valence-corrected chi connectivity index (χ2v) is 2.99. The van der Waals surface area contributed by atoms with Gasteiger partial charge in [0.1, 0.15) is 12.1 Å². The number of carbonyl (C=O) groups excluding carboxylic acids is 2. The predicted molar refractivity (Wildman–Crippen MR) is 37.5 cm³/mol. The third-order valence-electron chi connectivity index (χ3n) is 2.08. The molecule has 1 unspecified atom stereocenters. The van der Waals surface area contributed by atoms with Crippen LogP contribution in [-0.4, -0.2) is 17.5 Å². The Morgan fingerprint density at radius 2 is 2.00 bits per heavy atom. The zero-order chi connectivity index (χ0) is 8.77. The monoisotopic (exact) mass is 155 g/mol. The van der Waals surface area contributed by atoms with E-state index in [4.69, 9.17) is 1.37 Å². The van der Waals surface area contributed by atoms with Crippen LogP contribution in [0.25, 0.3) is 0 Å². The summed E-state index contributed by atoms with van der Waals surface area (Å²) in [4.78, 5) is 21.9. The van der Waals surface area contributed by atoms with Crippen molar-refractivity contribution in [1.29, 1.82) is 0 Å². The minimum absolute atomic E-state index is 0.103. The molecule has 2 amide bonds. The van der Waals surface area contributed by atoms with Gasteiger partial charge in [0.15, 0.2) is 0 Å². The van der Waals surface area contributed by atoms with Crippen LogP contribution in [0.4, 0.5) is 0 Å². The summed E-state index contributed by atoms with van der Waals surface area (Å²) in [6, 6.07) is 0. The summed E-state index contributed by atoms with van der Waals surface area (Å²) in [5, 5.41) is 5.30. The molecule has 0 radical (unpaired) electrons. The first kappa shape index (κ1) is 5.57. The van der Waals surface area contributed by atoms with E-state index in [0.717, 1.165) is 6.42 Å². The fourth-order valence-corrected chi connectivity index (χ4v) is 1.42. The lowest BCUT2D eigenvalue weighted by molar-refractivity contribution is -0.139. The van der Waals surface area contributed by atoms with Gasteiger partial charge >= 0.3 is 0 Å². The molecule has 1 heterocycles. The maximum absolute atomic E-state index is 11.0. The zero-order valence-corrected chi connectivity index (χ0v) is 6.02. The molecule has 2 fully saturated rings. The van der Waals surface area contributed by atoms with Crippen LogP contribution < -0.4 is 10.6 Å².